The van der Waals surface area contributed by atoms with Crippen molar-refractivity contribution in [3.8, 4) is 0 Å². The lowest BCUT2D eigenvalue weighted by molar-refractivity contribution is 0.583. The van der Waals surface area contributed by atoms with Crippen molar-refractivity contribution in [1.29, 1.82) is 0 Å². The van der Waals surface area contributed by atoms with Crippen LogP contribution in [0.15, 0.2) is 10.3 Å². The molecule has 1 aliphatic heterocycles. The molecule has 1 atom stereocenters. The van der Waals surface area contributed by atoms with E-state index in [0.29, 0.717) is 8.55 Å². The molecule has 66 valence electrons. The minimum absolute atomic E-state index is 0.145. The maximum absolute atomic E-state index is 11.3. The first kappa shape index (κ1) is 8.50. The van der Waals surface area contributed by atoms with E-state index in [2.05, 4.69) is 4.72 Å². The van der Waals surface area contributed by atoms with Crippen LogP contribution < -0.4 is 4.72 Å². The Labute approximate surface area is 79.4 Å². The van der Waals surface area contributed by atoms with Gasteiger partial charge in [-0.3, -0.25) is 0 Å². The molecule has 0 aromatic carbocycles. The molecule has 1 aromatic rings. The largest absolute Gasteiger partial charge is 0.250 e. The molecule has 2 rings (SSSR count). The van der Waals surface area contributed by atoms with Gasteiger partial charge in [0.05, 0.1) is 4.34 Å². The van der Waals surface area contributed by atoms with Crippen LogP contribution >= 0.6 is 22.9 Å². The fourth-order valence-electron chi connectivity index (χ4n) is 1.22. The van der Waals surface area contributed by atoms with Gasteiger partial charge in [-0.05, 0) is 13.0 Å². The highest BCUT2D eigenvalue weighted by molar-refractivity contribution is 7.92. The van der Waals surface area contributed by atoms with Crippen molar-refractivity contribution in [2.75, 3.05) is 0 Å². The first-order valence-corrected chi connectivity index (χ1v) is 6.00. The number of hydrogen-bond acceptors (Lipinski definition) is 3. The minimum atomic E-state index is -3.25. The van der Waals surface area contributed by atoms with Crippen molar-refractivity contribution in [3.05, 3.63) is 16.0 Å². The van der Waals surface area contributed by atoms with Crippen molar-refractivity contribution in [2.45, 2.75) is 17.2 Å². The van der Waals surface area contributed by atoms with Gasteiger partial charge in [0.25, 0.3) is 10.0 Å². The predicted molar refractivity (Wildman–Crippen MR) is 48.1 cm³/mol. The summed E-state index contributed by atoms with van der Waals surface area (Å²) in [6.45, 7) is 1.80. The molecule has 1 unspecified atom stereocenters. The molecule has 0 spiro atoms. The number of rotatable bonds is 0. The molecular formula is C6H6ClNO2S2. The monoisotopic (exact) mass is 223 g/mol. The van der Waals surface area contributed by atoms with Gasteiger partial charge in [0.1, 0.15) is 4.21 Å². The van der Waals surface area contributed by atoms with Crippen LogP contribution in [0.1, 0.15) is 18.5 Å². The van der Waals surface area contributed by atoms with E-state index in [-0.39, 0.29) is 6.04 Å². The lowest BCUT2D eigenvalue weighted by atomic mass is 10.2. The Morgan fingerprint density at radius 3 is 2.92 bits per heavy atom. The third-order valence-electron chi connectivity index (χ3n) is 1.74. The molecule has 1 N–H and O–H groups in total. The smallest absolute Gasteiger partial charge is 0.206 e. The van der Waals surface area contributed by atoms with Gasteiger partial charge < -0.3 is 0 Å². The van der Waals surface area contributed by atoms with Gasteiger partial charge >= 0.3 is 0 Å². The van der Waals surface area contributed by atoms with Crippen LogP contribution in [0.3, 0.4) is 0 Å². The highest BCUT2D eigenvalue weighted by Gasteiger charge is 2.33. The molecule has 6 heteroatoms. The molecule has 0 saturated heterocycles. The zero-order valence-corrected chi connectivity index (χ0v) is 8.55. The molecule has 1 aromatic heterocycles. The molecule has 0 fully saturated rings. The lowest BCUT2D eigenvalue weighted by Gasteiger charge is -1.98. The van der Waals surface area contributed by atoms with Crippen LogP contribution in [-0.4, -0.2) is 8.42 Å². The first-order chi connectivity index (χ1) is 5.50. The summed E-state index contributed by atoms with van der Waals surface area (Å²) < 4.78 is 26.0. The molecular weight excluding hydrogens is 218 g/mol. The average molecular weight is 224 g/mol. The number of nitrogens with one attached hydrogen (secondary N) is 1. The van der Waals surface area contributed by atoms with Crippen LogP contribution in [0.2, 0.25) is 4.34 Å². The van der Waals surface area contributed by atoms with E-state index in [1.165, 1.54) is 0 Å². The zero-order valence-electron chi connectivity index (χ0n) is 6.17. The van der Waals surface area contributed by atoms with E-state index >= 15 is 0 Å². The molecule has 0 aliphatic carbocycles. The van der Waals surface area contributed by atoms with E-state index in [4.69, 9.17) is 11.6 Å². The van der Waals surface area contributed by atoms with Crippen molar-refractivity contribution in [2.24, 2.45) is 0 Å². The number of halogens is 1. The van der Waals surface area contributed by atoms with Crippen molar-refractivity contribution in [3.63, 3.8) is 0 Å². The molecule has 0 radical (unpaired) electrons. The van der Waals surface area contributed by atoms with E-state index in [1.807, 2.05) is 0 Å². The Bertz CT molecular complexity index is 423. The van der Waals surface area contributed by atoms with Crippen LogP contribution in [0, 0.1) is 0 Å². The fourth-order valence-corrected chi connectivity index (χ4v) is 4.52. The van der Waals surface area contributed by atoms with Gasteiger partial charge in [-0.2, -0.15) is 0 Å². The van der Waals surface area contributed by atoms with E-state index in [0.717, 1.165) is 16.9 Å². The van der Waals surface area contributed by atoms with Gasteiger partial charge in [-0.1, -0.05) is 11.6 Å². The summed E-state index contributed by atoms with van der Waals surface area (Å²) >= 11 is 6.80. The molecule has 3 nitrogen and oxygen atoms in total. The quantitative estimate of drug-likeness (QED) is 0.729. The zero-order chi connectivity index (χ0) is 8.93. The number of sulfonamides is 1. The van der Waals surface area contributed by atoms with E-state index in [1.54, 1.807) is 13.0 Å². The summed E-state index contributed by atoms with van der Waals surface area (Å²) in [6.07, 6.45) is 0. The summed E-state index contributed by atoms with van der Waals surface area (Å²) in [5.74, 6) is 0. The lowest BCUT2D eigenvalue weighted by Crippen LogP contribution is -2.17. The maximum Gasteiger partial charge on any atom is 0.250 e. The molecule has 12 heavy (non-hydrogen) atoms. The van der Waals surface area contributed by atoms with Crippen LogP contribution in [0.5, 0.6) is 0 Å². The normalized spacial score (nSPS) is 25.7. The second-order valence-electron chi connectivity index (χ2n) is 2.64. The minimum Gasteiger partial charge on any atom is -0.206 e. The molecule has 1 aliphatic rings. The Morgan fingerprint density at radius 1 is 1.67 bits per heavy atom. The topological polar surface area (TPSA) is 46.2 Å². The van der Waals surface area contributed by atoms with Gasteiger partial charge in [0, 0.05) is 11.6 Å². The molecule has 0 saturated carbocycles. The second-order valence-corrected chi connectivity index (χ2v) is 6.23. The van der Waals surface area contributed by atoms with Gasteiger partial charge in [0.15, 0.2) is 0 Å². The third kappa shape index (κ3) is 1.08. The van der Waals surface area contributed by atoms with Crippen LogP contribution in [-0.2, 0) is 10.0 Å². The molecule has 0 amide bonds. The molecule has 2 heterocycles. The van der Waals surface area contributed by atoms with Gasteiger partial charge in [-0.15, -0.1) is 11.3 Å². The van der Waals surface area contributed by atoms with Gasteiger partial charge in [-0.25, -0.2) is 13.1 Å². The van der Waals surface area contributed by atoms with Gasteiger partial charge in [0.2, 0.25) is 0 Å². The summed E-state index contributed by atoms with van der Waals surface area (Å²) in [4.78, 5) is 0. The fraction of sp³-hybridized carbons (Fsp3) is 0.333. The summed E-state index contributed by atoms with van der Waals surface area (Å²) in [6, 6.07) is 1.55. The average Bonchev–Trinajstić information content (AvgIpc) is 2.37. The van der Waals surface area contributed by atoms with E-state index in [9.17, 15) is 8.42 Å². The Kier molecular flexibility index (Phi) is 1.73. The number of thiophene rings is 1. The van der Waals surface area contributed by atoms with Crippen LogP contribution in [0.4, 0.5) is 0 Å². The Hall–Kier alpha value is -0.100. The number of fused-ring (bicyclic) bond motifs is 1. The highest BCUT2D eigenvalue weighted by atomic mass is 35.5. The molecule has 0 bridgehead atoms. The van der Waals surface area contributed by atoms with Crippen molar-refractivity contribution in [1.82, 2.24) is 4.72 Å². The Morgan fingerprint density at radius 2 is 2.33 bits per heavy atom. The van der Waals surface area contributed by atoms with E-state index < -0.39 is 10.0 Å². The summed E-state index contributed by atoms with van der Waals surface area (Å²) in [5.41, 5.74) is 0.782. The standard InChI is InChI=1S/C6H6ClNO2S2/c1-3-4-2-5(7)11-6(4)12(9,10)8-3/h2-3,8H,1H3. The van der Waals surface area contributed by atoms with Crippen LogP contribution in [0.25, 0.3) is 0 Å². The predicted octanol–water partition coefficient (Wildman–Crippen LogP) is 1.75. The van der Waals surface area contributed by atoms with Crippen molar-refractivity contribution >= 4 is 33.0 Å². The summed E-state index contributed by atoms with van der Waals surface area (Å²) in [5, 5.41) is 0. The summed E-state index contributed by atoms with van der Waals surface area (Å²) in [7, 11) is -3.25. The van der Waals surface area contributed by atoms with Crippen molar-refractivity contribution < 1.29 is 8.42 Å². The second kappa shape index (κ2) is 2.45. The SMILES string of the molecule is CC1NS(=O)(=O)c2sc(Cl)cc21. The number of hydrogen-bond donors (Lipinski definition) is 1. The maximum atomic E-state index is 11.3. The first-order valence-electron chi connectivity index (χ1n) is 3.32. The Balaban J connectivity index is 2.72. The third-order valence-corrected chi connectivity index (χ3v) is 5.11. The highest BCUT2D eigenvalue weighted by Crippen LogP contribution is 2.39.